The predicted molar refractivity (Wildman–Crippen MR) is 117 cm³/mol. The maximum atomic E-state index is 12.6. The van der Waals surface area contributed by atoms with Gasteiger partial charge in [0, 0.05) is 39.8 Å². The molecule has 0 radical (unpaired) electrons. The van der Waals surface area contributed by atoms with Crippen molar-refractivity contribution in [1.82, 2.24) is 9.55 Å². The zero-order chi connectivity index (χ0) is 19.2. The first kappa shape index (κ1) is 20.6. The Morgan fingerprint density at radius 3 is 2.48 bits per heavy atom. The number of thioether (sulfide) groups is 2. The lowest BCUT2D eigenvalue weighted by Gasteiger charge is -2.18. The Morgan fingerprint density at radius 1 is 1.07 bits per heavy atom. The van der Waals surface area contributed by atoms with Crippen LogP contribution >= 0.6 is 58.3 Å². The number of imidazole rings is 1. The van der Waals surface area contributed by atoms with Crippen molar-refractivity contribution in [2.24, 2.45) is 0 Å². The number of aromatic nitrogens is 2. The van der Waals surface area contributed by atoms with Gasteiger partial charge in [0.05, 0.1) is 11.6 Å². The van der Waals surface area contributed by atoms with Gasteiger partial charge in [0.1, 0.15) is 0 Å². The summed E-state index contributed by atoms with van der Waals surface area (Å²) in [6, 6.07) is 12.9. The summed E-state index contributed by atoms with van der Waals surface area (Å²) in [5, 5.41) is 1.66. The van der Waals surface area contributed by atoms with Gasteiger partial charge in [-0.2, -0.15) is 0 Å². The fourth-order valence-corrected chi connectivity index (χ4v) is 5.24. The number of carbonyl (C=O) groups is 1. The van der Waals surface area contributed by atoms with Gasteiger partial charge in [0.25, 0.3) is 0 Å². The third kappa shape index (κ3) is 6.19. The molecule has 0 saturated heterocycles. The molecule has 27 heavy (non-hydrogen) atoms. The molecule has 0 amide bonds. The predicted octanol–water partition coefficient (Wildman–Crippen LogP) is 7.37. The first-order chi connectivity index (χ1) is 13.0. The molecule has 1 aromatic heterocycles. The topological polar surface area (TPSA) is 34.9 Å². The van der Waals surface area contributed by atoms with Crippen LogP contribution in [0.3, 0.4) is 0 Å². The monoisotopic (exact) mass is 456 g/mol. The van der Waals surface area contributed by atoms with Gasteiger partial charge >= 0.3 is 0 Å². The lowest BCUT2D eigenvalue weighted by atomic mass is 10.1. The van der Waals surface area contributed by atoms with Crippen molar-refractivity contribution in [3.63, 3.8) is 0 Å². The molecule has 1 unspecified atom stereocenters. The maximum Gasteiger partial charge on any atom is 0.247 e. The number of carbonyl (C=O) groups excluding carboxylic acids is 1. The van der Waals surface area contributed by atoms with Gasteiger partial charge < -0.3 is 4.57 Å². The third-order valence-electron chi connectivity index (χ3n) is 3.75. The van der Waals surface area contributed by atoms with Crippen LogP contribution in [-0.4, -0.2) is 14.0 Å². The number of hydrogen-bond acceptors (Lipinski definition) is 4. The number of benzene rings is 2. The van der Waals surface area contributed by atoms with E-state index in [1.807, 2.05) is 41.1 Å². The van der Waals surface area contributed by atoms with Crippen LogP contribution in [0.1, 0.15) is 16.4 Å². The van der Waals surface area contributed by atoms with Gasteiger partial charge in [0.15, 0.2) is 0 Å². The van der Waals surface area contributed by atoms with Crippen LogP contribution in [0, 0.1) is 0 Å². The Bertz CT molecular complexity index is 902. The highest BCUT2D eigenvalue weighted by Gasteiger charge is 2.21. The van der Waals surface area contributed by atoms with Gasteiger partial charge in [-0.3, -0.25) is 4.79 Å². The summed E-state index contributed by atoms with van der Waals surface area (Å²) in [6.07, 6.45) is 5.30. The zero-order valence-electron chi connectivity index (χ0n) is 14.0. The van der Waals surface area contributed by atoms with E-state index in [0.29, 0.717) is 27.4 Å². The van der Waals surface area contributed by atoms with Crippen molar-refractivity contribution < 1.29 is 4.79 Å². The quantitative estimate of drug-likeness (QED) is 0.387. The minimum atomic E-state index is -0.144. The molecule has 0 aliphatic rings. The van der Waals surface area contributed by atoms with E-state index in [2.05, 4.69) is 4.98 Å². The Kier molecular flexibility index (Phi) is 7.56. The largest absolute Gasteiger partial charge is 0.336 e. The molecule has 0 fully saturated rings. The summed E-state index contributed by atoms with van der Waals surface area (Å²) in [5.41, 5.74) is 1.93. The van der Waals surface area contributed by atoms with Gasteiger partial charge in [-0.15, -0.1) is 0 Å². The van der Waals surface area contributed by atoms with E-state index in [4.69, 9.17) is 34.8 Å². The first-order valence-electron chi connectivity index (χ1n) is 8.00. The molecular weight excluding hydrogens is 443 g/mol. The minimum Gasteiger partial charge on any atom is -0.336 e. The molecule has 0 saturated carbocycles. The maximum absolute atomic E-state index is 12.6. The second-order valence-corrected chi connectivity index (χ2v) is 9.36. The normalized spacial score (nSPS) is 12.1. The van der Waals surface area contributed by atoms with E-state index in [1.54, 1.807) is 24.7 Å². The fourth-order valence-electron chi connectivity index (χ4n) is 2.42. The molecule has 0 N–H and O–H groups in total. The summed E-state index contributed by atoms with van der Waals surface area (Å²) in [5.74, 6) is 0.592. The Labute approximate surface area is 181 Å². The van der Waals surface area contributed by atoms with Crippen LogP contribution in [0.4, 0.5) is 4.79 Å². The van der Waals surface area contributed by atoms with E-state index in [1.165, 1.54) is 23.5 Å². The van der Waals surface area contributed by atoms with Crippen LogP contribution in [0.5, 0.6) is 0 Å². The molecular formula is C19H15Cl3N2OS2. The highest BCUT2D eigenvalue weighted by Crippen LogP contribution is 2.39. The van der Waals surface area contributed by atoms with E-state index >= 15 is 0 Å². The van der Waals surface area contributed by atoms with E-state index < -0.39 is 0 Å². The van der Waals surface area contributed by atoms with Crippen molar-refractivity contribution in [2.45, 2.75) is 17.5 Å². The average molecular weight is 458 g/mol. The lowest BCUT2D eigenvalue weighted by Crippen LogP contribution is -2.07. The molecule has 3 aromatic rings. The van der Waals surface area contributed by atoms with Gasteiger partial charge in [0.2, 0.25) is 4.45 Å². The van der Waals surface area contributed by atoms with Crippen LogP contribution in [0.25, 0.3) is 0 Å². The number of nitrogens with zero attached hydrogens (tertiary/aromatic N) is 2. The lowest BCUT2D eigenvalue weighted by molar-refractivity contribution is 0.276. The molecule has 0 aliphatic carbocycles. The van der Waals surface area contributed by atoms with Crippen molar-refractivity contribution in [3.8, 4) is 0 Å². The molecule has 140 valence electrons. The van der Waals surface area contributed by atoms with Gasteiger partial charge in [-0.05, 0) is 35.4 Å². The molecule has 0 aliphatic heterocycles. The average Bonchev–Trinajstić information content (AvgIpc) is 3.14. The Balaban J connectivity index is 1.70. The van der Waals surface area contributed by atoms with Crippen LogP contribution in [-0.2, 0) is 12.3 Å². The van der Waals surface area contributed by atoms with Crippen LogP contribution in [0.2, 0.25) is 15.1 Å². The third-order valence-corrected chi connectivity index (χ3v) is 6.80. The number of hydrogen-bond donors (Lipinski definition) is 0. The summed E-state index contributed by atoms with van der Waals surface area (Å²) in [7, 11) is 0. The minimum absolute atomic E-state index is 0.0288. The van der Waals surface area contributed by atoms with Crippen molar-refractivity contribution >= 4 is 62.8 Å². The molecule has 8 heteroatoms. The molecule has 1 atom stereocenters. The van der Waals surface area contributed by atoms with Crippen LogP contribution in [0.15, 0.2) is 61.2 Å². The summed E-state index contributed by atoms with van der Waals surface area (Å²) < 4.78 is 1.96. The second-order valence-electron chi connectivity index (χ2n) is 5.70. The summed E-state index contributed by atoms with van der Waals surface area (Å²) >= 11 is 20.8. The first-order valence-corrected chi connectivity index (χ1v) is 11.0. The van der Waals surface area contributed by atoms with Gasteiger partial charge in [-0.25, -0.2) is 4.98 Å². The standard InChI is InChI=1S/C19H15Cl3N2OS2/c20-14-3-1-13(2-4-14)11-26-19(25)27-18(10-24-8-7-23-12-24)16-6-5-15(21)9-17(16)22/h1-9,12,18H,10-11H2. The Hall–Kier alpha value is -1.11. The summed E-state index contributed by atoms with van der Waals surface area (Å²) in [4.78, 5) is 16.6. The number of rotatable bonds is 6. The van der Waals surface area contributed by atoms with Crippen LogP contribution < -0.4 is 0 Å². The molecule has 1 heterocycles. The van der Waals surface area contributed by atoms with Crippen molar-refractivity contribution in [2.75, 3.05) is 0 Å². The number of halogens is 3. The van der Waals surface area contributed by atoms with Crippen molar-refractivity contribution in [3.05, 3.63) is 87.4 Å². The highest BCUT2D eigenvalue weighted by atomic mass is 35.5. The van der Waals surface area contributed by atoms with E-state index in [9.17, 15) is 4.79 Å². The van der Waals surface area contributed by atoms with Crippen molar-refractivity contribution in [1.29, 1.82) is 0 Å². The fraction of sp³-hybridized carbons (Fsp3) is 0.158. The molecule has 3 nitrogen and oxygen atoms in total. The highest BCUT2D eigenvalue weighted by molar-refractivity contribution is 8.38. The molecule has 3 rings (SSSR count). The zero-order valence-corrected chi connectivity index (χ0v) is 17.9. The molecule has 2 aromatic carbocycles. The summed E-state index contributed by atoms with van der Waals surface area (Å²) in [6.45, 7) is 0.583. The SMILES string of the molecule is O=C(SCc1ccc(Cl)cc1)SC(Cn1ccnc1)c1ccc(Cl)cc1Cl. The van der Waals surface area contributed by atoms with E-state index in [0.717, 1.165) is 11.1 Å². The van der Waals surface area contributed by atoms with Gasteiger partial charge in [-0.1, -0.05) is 76.5 Å². The molecule has 0 bridgehead atoms. The second kappa shape index (κ2) is 9.89. The van der Waals surface area contributed by atoms with E-state index in [-0.39, 0.29) is 9.70 Å². The Morgan fingerprint density at radius 2 is 1.81 bits per heavy atom. The molecule has 0 spiro atoms. The smallest absolute Gasteiger partial charge is 0.247 e.